The molecule has 0 unspecified atom stereocenters. The Labute approximate surface area is 220 Å². The summed E-state index contributed by atoms with van der Waals surface area (Å²) in [5.74, 6) is 0.501. The fourth-order valence-electron chi connectivity index (χ4n) is 4.61. The van der Waals surface area contributed by atoms with Crippen molar-refractivity contribution >= 4 is 38.8 Å². The number of methoxy groups -OCH3 is 1. The number of nitrogen functional groups attached to an aromatic ring is 1. The van der Waals surface area contributed by atoms with E-state index in [1.807, 2.05) is 55.5 Å². The molecular formula is C31H29N3O2S. The molecule has 0 saturated carbocycles. The van der Waals surface area contributed by atoms with E-state index in [4.69, 9.17) is 15.5 Å². The first-order valence-corrected chi connectivity index (χ1v) is 13.1. The van der Waals surface area contributed by atoms with Gasteiger partial charge in [0, 0.05) is 22.2 Å². The Morgan fingerprint density at radius 1 is 1.00 bits per heavy atom. The molecule has 0 radical (unpaired) electrons. The number of amides is 1. The number of hydrogen-bond donors (Lipinski definition) is 2. The highest BCUT2D eigenvalue weighted by atomic mass is 32.1. The molecule has 37 heavy (non-hydrogen) atoms. The molecular weight excluding hydrogens is 478 g/mol. The van der Waals surface area contributed by atoms with Gasteiger partial charge in [-0.1, -0.05) is 73.2 Å². The smallest absolute Gasteiger partial charge is 0.267 e. The topological polar surface area (TPSA) is 77.2 Å². The molecule has 0 atom stereocenters. The van der Waals surface area contributed by atoms with Crippen molar-refractivity contribution in [1.82, 2.24) is 4.98 Å². The van der Waals surface area contributed by atoms with Crippen molar-refractivity contribution in [3.05, 3.63) is 94.4 Å². The second-order valence-corrected chi connectivity index (χ2v) is 10.1. The van der Waals surface area contributed by atoms with Gasteiger partial charge in [-0.3, -0.25) is 4.79 Å². The van der Waals surface area contributed by atoms with Crippen LogP contribution >= 0.6 is 11.3 Å². The second kappa shape index (κ2) is 10.1. The number of thiophene rings is 1. The number of ether oxygens (including phenoxy) is 1. The van der Waals surface area contributed by atoms with Gasteiger partial charge in [-0.05, 0) is 49.1 Å². The molecule has 1 amide bonds. The maximum atomic E-state index is 13.6. The van der Waals surface area contributed by atoms with Crippen molar-refractivity contribution in [2.75, 3.05) is 18.2 Å². The minimum Gasteiger partial charge on any atom is -0.496 e. The summed E-state index contributed by atoms with van der Waals surface area (Å²) in [4.78, 5) is 19.7. The van der Waals surface area contributed by atoms with Crippen molar-refractivity contribution < 1.29 is 9.53 Å². The van der Waals surface area contributed by atoms with Crippen LogP contribution in [0.5, 0.6) is 5.75 Å². The van der Waals surface area contributed by atoms with Gasteiger partial charge in [0.1, 0.15) is 15.5 Å². The number of rotatable bonds is 6. The molecule has 3 aromatic carbocycles. The van der Waals surface area contributed by atoms with Crippen molar-refractivity contribution in [3.8, 4) is 28.1 Å². The van der Waals surface area contributed by atoms with Gasteiger partial charge in [-0.25, -0.2) is 4.98 Å². The number of pyridine rings is 1. The predicted molar refractivity (Wildman–Crippen MR) is 155 cm³/mol. The minimum atomic E-state index is -0.229. The molecule has 0 saturated heterocycles. The second-order valence-electron chi connectivity index (χ2n) is 9.06. The van der Waals surface area contributed by atoms with Gasteiger partial charge in [0.05, 0.1) is 18.5 Å². The molecule has 3 N–H and O–H groups in total. The summed E-state index contributed by atoms with van der Waals surface area (Å²) < 4.78 is 5.68. The van der Waals surface area contributed by atoms with Gasteiger partial charge in [0.25, 0.3) is 5.91 Å². The molecule has 6 heteroatoms. The summed E-state index contributed by atoms with van der Waals surface area (Å²) in [7, 11) is 1.65. The normalized spacial score (nSPS) is 11.0. The van der Waals surface area contributed by atoms with Crippen LogP contribution < -0.4 is 15.8 Å². The quantitative estimate of drug-likeness (QED) is 0.247. The standard InChI is InChI=1S/C31H29N3O2S/c1-5-20-10-8-9-19(3)28(20)34-30(35)29-27(32)26-23(22-11-6-7-12-25(22)36-4)17-24(33-31(26)37-29)21-15-13-18(2)14-16-21/h6-17H,5,32H2,1-4H3,(H,34,35). The molecule has 5 nitrogen and oxygen atoms in total. The number of anilines is 2. The first-order chi connectivity index (χ1) is 17.9. The summed E-state index contributed by atoms with van der Waals surface area (Å²) in [6, 6.07) is 24.2. The zero-order valence-electron chi connectivity index (χ0n) is 21.4. The van der Waals surface area contributed by atoms with Crippen LogP contribution in [0.2, 0.25) is 0 Å². The number of nitrogens with zero attached hydrogens (tertiary/aromatic N) is 1. The summed E-state index contributed by atoms with van der Waals surface area (Å²) in [6.45, 7) is 6.14. The van der Waals surface area contributed by atoms with E-state index in [0.717, 1.165) is 56.8 Å². The molecule has 0 aliphatic heterocycles. The molecule has 0 aliphatic carbocycles. The van der Waals surface area contributed by atoms with Crippen LogP contribution in [0.3, 0.4) is 0 Å². The lowest BCUT2D eigenvalue weighted by atomic mass is 9.98. The number of hydrogen-bond acceptors (Lipinski definition) is 5. The van der Waals surface area contributed by atoms with E-state index in [2.05, 4.69) is 43.4 Å². The van der Waals surface area contributed by atoms with Gasteiger partial charge in [0.15, 0.2) is 0 Å². The first kappa shape index (κ1) is 24.5. The van der Waals surface area contributed by atoms with E-state index in [0.29, 0.717) is 15.4 Å². The van der Waals surface area contributed by atoms with Crippen LogP contribution in [0.15, 0.2) is 72.8 Å². The van der Waals surface area contributed by atoms with E-state index in [9.17, 15) is 4.79 Å². The summed E-state index contributed by atoms with van der Waals surface area (Å²) in [5.41, 5.74) is 14.8. The Hall–Kier alpha value is -4.16. The lowest BCUT2D eigenvalue weighted by Crippen LogP contribution is -2.14. The van der Waals surface area contributed by atoms with Crippen molar-refractivity contribution in [2.24, 2.45) is 0 Å². The molecule has 2 heterocycles. The van der Waals surface area contributed by atoms with Crippen LogP contribution in [0.4, 0.5) is 11.4 Å². The molecule has 186 valence electrons. The Kier molecular flexibility index (Phi) is 6.68. The van der Waals surface area contributed by atoms with Crippen LogP contribution in [-0.4, -0.2) is 18.0 Å². The molecule has 0 aliphatic rings. The fourth-order valence-corrected chi connectivity index (χ4v) is 5.63. The van der Waals surface area contributed by atoms with E-state index in [-0.39, 0.29) is 5.91 Å². The van der Waals surface area contributed by atoms with Crippen LogP contribution in [-0.2, 0) is 6.42 Å². The van der Waals surface area contributed by atoms with Crippen LogP contribution in [0.25, 0.3) is 32.6 Å². The third kappa shape index (κ3) is 4.56. The molecule has 0 spiro atoms. The highest BCUT2D eigenvalue weighted by Crippen LogP contribution is 2.44. The van der Waals surface area contributed by atoms with Crippen molar-refractivity contribution in [1.29, 1.82) is 0 Å². The lowest BCUT2D eigenvalue weighted by Gasteiger charge is -2.13. The monoisotopic (exact) mass is 507 g/mol. The number of aryl methyl sites for hydroxylation is 3. The van der Waals surface area contributed by atoms with Gasteiger partial charge in [0.2, 0.25) is 0 Å². The number of benzene rings is 3. The molecule has 0 fully saturated rings. The predicted octanol–water partition coefficient (Wildman–Crippen LogP) is 7.65. The number of nitrogens with two attached hydrogens (primary N) is 1. The van der Waals surface area contributed by atoms with Gasteiger partial charge in [-0.15, -0.1) is 11.3 Å². The van der Waals surface area contributed by atoms with Crippen molar-refractivity contribution in [2.45, 2.75) is 27.2 Å². The highest BCUT2D eigenvalue weighted by Gasteiger charge is 2.23. The third-order valence-corrected chi connectivity index (χ3v) is 7.73. The summed E-state index contributed by atoms with van der Waals surface area (Å²) in [6.07, 6.45) is 0.818. The average Bonchev–Trinajstić information content (AvgIpc) is 3.26. The minimum absolute atomic E-state index is 0.229. The Morgan fingerprint density at radius 2 is 1.76 bits per heavy atom. The first-order valence-electron chi connectivity index (χ1n) is 12.2. The Morgan fingerprint density at radius 3 is 2.49 bits per heavy atom. The van der Waals surface area contributed by atoms with E-state index < -0.39 is 0 Å². The zero-order chi connectivity index (χ0) is 26.1. The van der Waals surface area contributed by atoms with E-state index in [1.54, 1.807) is 7.11 Å². The maximum absolute atomic E-state index is 13.6. The number of carbonyl (C=O) groups is 1. The Bertz CT molecular complexity index is 1620. The van der Waals surface area contributed by atoms with Crippen molar-refractivity contribution in [3.63, 3.8) is 0 Å². The van der Waals surface area contributed by atoms with E-state index >= 15 is 0 Å². The molecule has 5 aromatic rings. The number of carbonyl (C=O) groups excluding carboxylic acids is 1. The number of para-hydroxylation sites is 2. The molecule has 5 rings (SSSR count). The average molecular weight is 508 g/mol. The summed E-state index contributed by atoms with van der Waals surface area (Å²) >= 11 is 1.32. The largest absolute Gasteiger partial charge is 0.496 e. The van der Waals surface area contributed by atoms with Gasteiger partial charge >= 0.3 is 0 Å². The maximum Gasteiger partial charge on any atom is 0.267 e. The number of fused-ring (bicyclic) bond motifs is 1. The lowest BCUT2D eigenvalue weighted by molar-refractivity contribution is 0.103. The highest BCUT2D eigenvalue weighted by molar-refractivity contribution is 7.21. The number of nitrogens with one attached hydrogen (secondary N) is 1. The zero-order valence-corrected chi connectivity index (χ0v) is 22.2. The molecule has 0 bridgehead atoms. The fraction of sp³-hybridized carbons (Fsp3) is 0.161. The van der Waals surface area contributed by atoms with E-state index in [1.165, 1.54) is 16.9 Å². The summed E-state index contributed by atoms with van der Waals surface area (Å²) in [5, 5.41) is 3.88. The Balaban J connectivity index is 1.70. The van der Waals surface area contributed by atoms with Crippen LogP contribution in [0.1, 0.15) is 33.3 Å². The van der Waals surface area contributed by atoms with Crippen LogP contribution in [0, 0.1) is 13.8 Å². The molecule has 2 aromatic heterocycles. The van der Waals surface area contributed by atoms with Gasteiger partial charge in [-0.2, -0.15) is 0 Å². The third-order valence-electron chi connectivity index (χ3n) is 6.63. The van der Waals surface area contributed by atoms with Gasteiger partial charge < -0.3 is 15.8 Å². The number of aromatic nitrogens is 1. The SMILES string of the molecule is CCc1cccc(C)c1NC(=O)c1sc2nc(-c3ccc(C)cc3)cc(-c3ccccc3OC)c2c1N.